The number of likely N-dealkylation sites (tertiary alicyclic amines) is 1. The van der Waals surface area contributed by atoms with Gasteiger partial charge >= 0.3 is 0 Å². The normalized spacial score (nSPS) is 24.8. The van der Waals surface area contributed by atoms with E-state index in [-0.39, 0.29) is 29.9 Å². The molecule has 0 spiro atoms. The van der Waals surface area contributed by atoms with Crippen LogP contribution in [-0.4, -0.2) is 57.2 Å². The average molecular weight is 353 g/mol. The van der Waals surface area contributed by atoms with Gasteiger partial charge < -0.3 is 15.0 Å². The summed E-state index contributed by atoms with van der Waals surface area (Å²) < 4.78 is 5.79. The predicted octanol–water partition coefficient (Wildman–Crippen LogP) is 1.13. The molecule has 3 atom stereocenters. The molecule has 8 nitrogen and oxygen atoms in total. The van der Waals surface area contributed by atoms with Crippen LogP contribution in [-0.2, 0) is 9.53 Å². The van der Waals surface area contributed by atoms with Crippen LogP contribution in [0.15, 0.2) is 43.0 Å². The molecule has 0 unspecified atom stereocenters. The summed E-state index contributed by atoms with van der Waals surface area (Å²) in [5.74, 6) is -0.606. The number of pyridine rings is 1. The van der Waals surface area contributed by atoms with Crippen molar-refractivity contribution in [2.24, 2.45) is 5.92 Å². The Bertz CT molecular complexity index is 786. The lowest BCUT2D eigenvalue weighted by molar-refractivity contribution is -0.123. The van der Waals surface area contributed by atoms with Crippen LogP contribution in [0.5, 0.6) is 0 Å². The molecule has 2 amide bonds. The molecular formula is C18H19N5O3. The van der Waals surface area contributed by atoms with E-state index in [2.05, 4.69) is 20.5 Å². The lowest BCUT2D eigenvalue weighted by atomic mass is 9.89. The number of fused-ring (bicyclic) bond motifs is 1. The molecule has 2 saturated heterocycles. The molecule has 2 aliphatic rings. The smallest absolute Gasteiger partial charge is 0.255 e. The number of hydrogen-bond acceptors (Lipinski definition) is 6. The van der Waals surface area contributed by atoms with E-state index in [1.807, 2.05) is 0 Å². The summed E-state index contributed by atoms with van der Waals surface area (Å²) in [6, 6.07) is 5.19. The Morgan fingerprint density at radius 3 is 2.88 bits per heavy atom. The quantitative estimate of drug-likeness (QED) is 0.888. The number of nitrogens with zero attached hydrogens (tertiary/aromatic N) is 4. The number of amides is 2. The van der Waals surface area contributed by atoms with Crippen LogP contribution in [0.3, 0.4) is 0 Å². The van der Waals surface area contributed by atoms with Crippen LogP contribution in [0, 0.1) is 5.92 Å². The van der Waals surface area contributed by atoms with Gasteiger partial charge in [0.05, 0.1) is 47.9 Å². The van der Waals surface area contributed by atoms with E-state index in [1.165, 1.54) is 12.4 Å². The fourth-order valence-electron chi connectivity index (χ4n) is 3.63. The van der Waals surface area contributed by atoms with E-state index >= 15 is 0 Å². The first-order valence-electron chi connectivity index (χ1n) is 8.62. The van der Waals surface area contributed by atoms with Gasteiger partial charge in [0.1, 0.15) is 0 Å². The highest BCUT2D eigenvalue weighted by molar-refractivity contribution is 5.96. The Morgan fingerprint density at radius 2 is 2.12 bits per heavy atom. The van der Waals surface area contributed by atoms with Gasteiger partial charge in [-0.05, 0) is 31.0 Å². The van der Waals surface area contributed by atoms with Crippen LogP contribution in [0.2, 0.25) is 0 Å². The van der Waals surface area contributed by atoms with Crippen LogP contribution in [0.4, 0.5) is 5.69 Å². The van der Waals surface area contributed by atoms with Gasteiger partial charge in [0.15, 0.2) is 0 Å². The summed E-state index contributed by atoms with van der Waals surface area (Å²) in [7, 11) is 0. The van der Waals surface area contributed by atoms with Crippen molar-refractivity contribution in [2.75, 3.05) is 18.5 Å². The van der Waals surface area contributed by atoms with Gasteiger partial charge in [0.2, 0.25) is 5.91 Å². The van der Waals surface area contributed by atoms with Crippen molar-refractivity contribution in [1.82, 2.24) is 20.1 Å². The summed E-state index contributed by atoms with van der Waals surface area (Å²) >= 11 is 0. The van der Waals surface area contributed by atoms with Gasteiger partial charge in [0.25, 0.3) is 5.91 Å². The topological polar surface area (TPSA) is 97.3 Å². The van der Waals surface area contributed by atoms with Crippen molar-refractivity contribution >= 4 is 17.5 Å². The fourth-order valence-corrected chi connectivity index (χ4v) is 3.63. The maximum absolute atomic E-state index is 12.9. The number of anilines is 1. The molecule has 0 aromatic carbocycles. The molecule has 8 heteroatoms. The zero-order chi connectivity index (χ0) is 17.9. The van der Waals surface area contributed by atoms with E-state index < -0.39 is 0 Å². The molecule has 0 bridgehead atoms. The van der Waals surface area contributed by atoms with E-state index in [1.54, 1.807) is 35.5 Å². The molecular weight excluding hydrogens is 334 g/mol. The number of carbonyl (C=O) groups is 2. The number of hydrogen-bond donors (Lipinski definition) is 1. The first kappa shape index (κ1) is 16.6. The zero-order valence-corrected chi connectivity index (χ0v) is 14.1. The lowest BCUT2D eigenvalue weighted by Crippen LogP contribution is -2.54. The summed E-state index contributed by atoms with van der Waals surface area (Å²) in [6.07, 6.45) is 7.46. The van der Waals surface area contributed by atoms with E-state index in [4.69, 9.17) is 4.74 Å². The molecule has 0 aliphatic carbocycles. The van der Waals surface area contributed by atoms with Crippen LogP contribution in [0.1, 0.15) is 23.2 Å². The van der Waals surface area contributed by atoms with Crippen LogP contribution in [0.25, 0.3) is 0 Å². The summed E-state index contributed by atoms with van der Waals surface area (Å²) in [6.45, 7) is 0.961. The van der Waals surface area contributed by atoms with Crippen molar-refractivity contribution in [1.29, 1.82) is 0 Å². The molecule has 0 saturated carbocycles. The third-order valence-electron chi connectivity index (χ3n) is 4.90. The first-order chi connectivity index (χ1) is 12.7. The molecule has 2 aromatic heterocycles. The number of nitrogens with one attached hydrogen (secondary N) is 1. The monoisotopic (exact) mass is 353 g/mol. The minimum Gasteiger partial charge on any atom is -0.376 e. The van der Waals surface area contributed by atoms with Gasteiger partial charge in [-0.15, -0.1) is 0 Å². The van der Waals surface area contributed by atoms with E-state index in [0.29, 0.717) is 30.8 Å². The maximum atomic E-state index is 12.9. The Kier molecular flexibility index (Phi) is 4.57. The number of rotatable bonds is 3. The average Bonchev–Trinajstić information content (AvgIpc) is 3.17. The van der Waals surface area contributed by atoms with Crippen molar-refractivity contribution in [3.63, 3.8) is 0 Å². The molecule has 2 aromatic rings. The highest BCUT2D eigenvalue weighted by Gasteiger charge is 2.44. The van der Waals surface area contributed by atoms with Crippen molar-refractivity contribution in [2.45, 2.75) is 25.0 Å². The SMILES string of the molecule is O=C(Nc1cccnc1)[C@H]1C[C@H]2OCC[C@H]2N(C(=O)c2ccnnc2)C1. The third-order valence-corrected chi connectivity index (χ3v) is 4.90. The molecule has 2 aliphatic heterocycles. The Morgan fingerprint density at radius 1 is 1.19 bits per heavy atom. The third kappa shape index (κ3) is 3.28. The largest absolute Gasteiger partial charge is 0.376 e. The molecule has 134 valence electrons. The fraction of sp³-hybridized carbons (Fsp3) is 0.389. The van der Waals surface area contributed by atoms with Crippen LogP contribution < -0.4 is 5.32 Å². The Hall–Kier alpha value is -2.87. The van der Waals surface area contributed by atoms with Crippen LogP contribution >= 0.6 is 0 Å². The Labute approximate surface area is 150 Å². The number of aromatic nitrogens is 3. The summed E-state index contributed by atoms with van der Waals surface area (Å²) in [5.41, 5.74) is 1.11. The van der Waals surface area contributed by atoms with Gasteiger partial charge in [-0.3, -0.25) is 14.6 Å². The minimum absolute atomic E-state index is 0.00175. The molecule has 26 heavy (non-hydrogen) atoms. The van der Waals surface area contributed by atoms with E-state index in [9.17, 15) is 9.59 Å². The summed E-state index contributed by atoms with van der Waals surface area (Å²) in [5, 5.41) is 10.4. The van der Waals surface area contributed by atoms with E-state index in [0.717, 1.165) is 6.42 Å². The first-order valence-corrected chi connectivity index (χ1v) is 8.62. The minimum atomic E-state index is -0.340. The van der Waals surface area contributed by atoms with Crippen molar-refractivity contribution in [3.8, 4) is 0 Å². The molecule has 2 fully saturated rings. The predicted molar refractivity (Wildman–Crippen MR) is 92.2 cm³/mol. The number of piperidine rings is 1. The van der Waals surface area contributed by atoms with Gasteiger partial charge in [0, 0.05) is 19.3 Å². The Balaban J connectivity index is 1.53. The second-order valence-electron chi connectivity index (χ2n) is 6.52. The number of ether oxygens (including phenoxy) is 1. The zero-order valence-electron chi connectivity index (χ0n) is 14.1. The number of carbonyl (C=O) groups excluding carboxylic acids is 2. The highest BCUT2D eigenvalue weighted by Crippen LogP contribution is 2.32. The van der Waals surface area contributed by atoms with Gasteiger partial charge in [-0.2, -0.15) is 10.2 Å². The lowest BCUT2D eigenvalue weighted by Gasteiger charge is -2.40. The highest BCUT2D eigenvalue weighted by atomic mass is 16.5. The molecule has 4 rings (SSSR count). The summed E-state index contributed by atoms with van der Waals surface area (Å²) in [4.78, 5) is 31.4. The van der Waals surface area contributed by atoms with Gasteiger partial charge in [-0.1, -0.05) is 0 Å². The maximum Gasteiger partial charge on any atom is 0.255 e. The molecule has 0 radical (unpaired) electrons. The molecule has 4 heterocycles. The molecule has 1 N–H and O–H groups in total. The second-order valence-corrected chi connectivity index (χ2v) is 6.52. The second kappa shape index (κ2) is 7.17. The standard InChI is InChI=1S/C18H19N5O3/c24-17(22-14-2-1-5-19-10-14)13-8-16-15(4-7-26-16)23(11-13)18(25)12-3-6-20-21-9-12/h1-3,5-6,9-10,13,15-16H,4,7-8,11H2,(H,22,24)/t13-,15+,16+/m0/s1. The van der Waals surface area contributed by atoms with Crippen molar-refractivity contribution in [3.05, 3.63) is 48.5 Å². The van der Waals surface area contributed by atoms with Crippen molar-refractivity contribution < 1.29 is 14.3 Å². The van der Waals surface area contributed by atoms with Gasteiger partial charge in [-0.25, -0.2) is 0 Å².